The molecule has 1 saturated heterocycles. The highest BCUT2D eigenvalue weighted by molar-refractivity contribution is 5.34. The van der Waals surface area contributed by atoms with Gasteiger partial charge in [0.15, 0.2) is 5.82 Å². The molecule has 18 heavy (non-hydrogen) atoms. The van der Waals surface area contributed by atoms with Crippen LogP contribution in [0.25, 0.3) is 0 Å². The van der Waals surface area contributed by atoms with Crippen molar-refractivity contribution in [2.45, 2.75) is 18.8 Å². The van der Waals surface area contributed by atoms with Crippen LogP contribution in [-0.4, -0.2) is 28.3 Å². The molecule has 1 atom stereocenters. The molecule has 0 saturated carbocycles. The molecular weight excluding hydrogens is 232 g/mol. The van der Waals surface area contributed by atoms with Gasteiger partial charge in [-0.15, -0.1) is 0 Å². The van der Waals surface area contributed by atoms with Gasteiger partial charge in [-0.2, -0.15) is 4.98 Å². The lowest BCUT2D eigenvalue weighted by Gasteiger charge is -1.98. The predicted octanol–water partition coefficient (Wildman–Crippen LogP) is 1.14. The molecule has 0 spiro atoms. The molecule has 94 valence electrons. The molecule has 0 aliphatic carbocycles. The molecule has 1 aliphatic heterocycles. The van der Waals surface area contributed by atoms with Crippen molar-refractivity contribution in [2.24, 2.45) is 0 Å². The van der Waals surface area contributed by atoms with Gasteiger partial charge in [-0.05, 0) is 18.6 Å². The molecule has 1 fully saturated rings. The van der Waals surface area contributed by atoms with Gasteiger partial charge in [0.1, 0.15) is 0 Å². The van der Waals surface area contributed by atoms with Crippen LogP contribution in [0.15, 0.2) is 22.9 Å². The number of pyridine rings is 1. The van der Waals surface area contributed by atoms with Crippen molar-refractivity contribution >= 4 is 5.69 Å². The Bertz CT molecular complexity index is 517. The monoisotopic (exact) mass is 246 g/mol. The van der Waals surface area contributed by atoms with Gasteiger partial charge in [0.2, 0.25) is 5.89 Å². The Kier molecular flexibility index (Phi) is 2.93. The Morgan fingerprint density at radius 3 is 3.06 bits per heavy atom. The van der Waals surface area contributed by atoms with Crippen molar-refractivity contribution < 1.29 is 9.26 Å². The third-order valence-electron chi connectivity index (χ3n) is 2.96. The highest BCUT2D eigenvalue weighted by atomic mass is 16.5. The van der Waals surface area contributed by atoms with Crippen molar-refractivity contribution in [3.05, 3.63) is 35.7 Å². The smallest absolute Gasteiger partial charge is 0.232 e. The van der Waals surface area contributed by atoms with Gasteiger partial charge in [0, 0.05) is 18.2 Å². The van der Waals surface area contributed by atoms with E-state index in [0.717, 1.165) is 24.5 Å². The molecular formula is C12H14N4O2. The zero-order valence-corrected chi connectivity index (χ0v) is 9.87. The summed E-state index contributed by atoms with van der Waals surface area (Å²) >= 11 is 0. The van der Waals surface area contributed by atoms with Gasteiger partial charge in [-0.25, -0.2) is 0 Å². The van der Waals surface area contributed by atoms with Crippen molar-refractivity contribution in [1.82, 2.24) is 15.1 Å². The summed E-state index contributed by atoms with van der Waals surface area (Å²) in [4.78, 5) is 8.58. The van der Waals surface area contributed by atoms with Crippen LogP contribution in [0.3, 0.4) is 0 Å². The van der Waals surface area contributed by atoms with Gasteiger partial charge >= 0.3 is 0 Å². The predicted molar refractivity (Wildman–Crippen MR) is 63.9 cm³/mol. The van der Waals surface area contributed by atoms with E-state index >= 15 is 0 Å². The minimum atomic E-state index is 0.266. The lowest BCUT2D eigenvalue weighted by Crippen LogP contribution is -2.00. The minimum absolute atomic E-state index is 0.266. The van der Waals surface area contributed by atoms with E-state index in [1.807, 2.05) is 12.1 Å². The fourth-order valence-electron chi connectivity index (χ4n) is 1.94. The van der Waals surface area contributed by atoms with Crippen molar-refractivity contribution in [2.75, 3.05) is 18.9 Å². The SMILES string of the molecule is Nc1ccc(Cc2nc(C3CCOC3)no2)nc1. The fourth-order valence-corrected chi connectivity index (χ4v) is 1.94. The maximum absolute atomic E-state index is 5.58. The number of nitrogen functional groups attached to an aromatic ring is 1. The second kappa shape index (κ2) is 4.73. The average molecular weight is 246 g/mol. The Hall–Kier alpha value is -1.95. The second-order valence-corrected chi connectivity index (χ2v) is 4.37. The fraction of sp³-hybridized carbons (Fsp3) is 0.417. The summed E-state index contributed by atoms with van der Waals surface area (Å²) in [6.45, 7) is 1.45. The Labute approximate surface area is 104 Å². The van der Waals surface area contributed by atoms with Gasteiger partial charge in [0.05, 0.1) is 24.9 Å². The van der Waals surface area contributed by atoms with Crippen molar-refractivity contribution in [3.8, 4) is 0 Å². The molecule has 1 aliphatic rings. The minimum Gasteiger partial charge on any atom is -0.397 e. The third-order valence-corrected chi connectivity index (χ3v) is 2.96. The lowest BCUT2D eigenvalue weighted by molar-refractivity contribution is 0.192. The molecule has 2 N–H and O–H groups in total. The molecule has 3 heterocycles. The first-order valence-electron chi connectivity index (χ1n) is 5.92. The standard InChI is InChI=1S/C12H14N4O2/c13-9-1-2-10(14-6-9)5-11-15-12(16-18-11)8-3-4-17-7-8/h1-2,6,8H,3-5,7,13H2. The first-order chi connectivity index (χ1) is 8.81. The van der Waals surface area contributed by atoms with Crippen LogP contribution in [0.5, 0.6) is 0 Å². The summed E-state index contributed by atoms with van der Waals surface area (Å²) in [5.74, 6) is 1.58. The van der Waals surface area contributed by atoms with Crippen LogP contribution in [0.1, 0.15) is 29.7 Å². The topological polar surface area (TPSA) is 87.1 Å². The molecule has 1 unspecified atom stereocenters. The summed E-state index contributed by atoms with van der Waals surface area (Å²) in [5, 5.41) is 3.99. The Morgan fingerprint density at radius 2 is 2.33 bits per heavy atom. The van der Waals surface area contributed by atoms with Gasteiger partial charge < -0.3 is 15.0 Å². The molecule has 2 aromatic heterocycles. The van der Waals surface area contributed by atoms with Crippen LogP contribution in [0.2, 0.25) is 0 Å². The molecule has 0 amide bonds. The third kappa shape index (κ3) is 2.33. The lowest BCUT2D eigenvalue weighted by atomic mass is 10.1. The average Bonchev–Trinajstić information content (AvgIpc) is 3.02. The van der Waals surface area contributed by atoms with Gasteiger partial charge in [-0.3, -0.25) is 4.98 Å². The summed E-state index contributed by atoms with van der Waals surface area (Å²) < 4.78 is 10.5. The zero-order chi connectivity index (χ0) is 12.4. The molecule has 0 radical (unpaired) electrons. The van der Waals surface area contributed by atoms with Crippen LogP contribution in [0, 0.1) is 0 Å². The normalized spacial score (nSPS) is 19.2. The van der Waals surface area contributed by atoms with Crippen LogP contribution in [-0.2, 0) is 11.2 Å². The Balaban J connectivity index is 1.71. The van der Waals surface area contributed by atoms with Crippen LogP contribution >= 0.6 is 0 Å². The van der Waals surface area contributed by atoms with E-state index in [0.29, 0.717) is 24.6 Å². The van der Waals surface area contributed by atoms with E-state index < -0.39 is 0 Å². The van der Waals surface area contributed by atoms with E-state index in [9.17, 15) is 0 Å². The van der Waals surface area contributed by atoms with Gasteiger partial charge in [-0.1, -0.05) is 5.16 Å². The van der Waals surface area contributed by atoms with E-state index in [4.69, 9.17) is 15.0 Å². The van der Waals surface area contributed by atoms with Crippen molar-refractivity contribution in [3.63, 3.8) is 0 Å². The van der Waals surface area contributed by atoms with Gasteiger partial charge in [0.25, 0.3) is 0 Å². The molecule has 2 aromatic rings. The van der Waals surface area contributed by atoms with Crippen molar-refractivity contribution in [1.29, 1.82) is 0 Å². The zero-order valence-electron chi connectivity index (χ0n) is 9.87. The number of nitrogens with zero attached hydrogens (tertiary/aromatic N) is 3. The number of rotatable bonds is 3. The molecule has 6 heteroatoms. The number of ether oxygens (including phenoxy) is 1. The first kappa shape index (κ1) is 11.2. The van der Waals surface area contributed by atoms with Crippen LogP contribution < -0.4 is 5.73 Å². The number of hydrogen-bond acceptors (Lipinski definition) is 6. The quantitative estimate of drug-likeness (QED) is 0.873. The number of aromatic nitrogens is 3. The van der Waals surface area contributed by atoms with E-state index in [-0.39, 0.29) is 5.92 Å². The maximum Gasteiger partial charge on any atom is 0.232 e. The van der Waals surface area contributed by atoms with E-state index in [2.05, 4.69) is 15.1 Å². The summed E-state index contributed by atoms with van der Waals surface area (Å²) in [7, 11) is 0. The molecule has 3 rings (SSSR count). The largest absolute Gasteiger partial charge is 0.397 e. The molecule has 0 aromatic carbocycles. The molecule has 6 nitrogen and oxygen atoms in total. The first-order valence-corrected chi connectivity index (χ1v) is 5.92. The number of hydrogen-bond donors (Lipinski definition) is 1. The number of anilines is 1. The highest BCUT2D eigenvalue weighted by Crippen LogP contribution is 2.22. The Morgan fingerprint density at radius 1 is 1.39 bits per heavy atom. The maximum atomic E-state index is 5.58. The summed E-state index contributed by atoms with van der Waals surface area (Å²) in [5.41, 5.74) is 7.09. The highest BCUT2D eigenvalue weighted by Gasteiger charge is 2.23. The summed E-state index contributed by atoms with van der Waals surface area (Å²) in [6, 6.07) is 3.67. The second-order valence-electron chi connectivity index (χ2n) is 4.37. The van der Waals surface area contributed by atoms with E-state index in [1.54, 1.807) is 6.20 Å². The molecule has 0 bridgehead atoms. The van der Waals surface area contributed by atoms with E-state index in [1.165, 1.54) is 0 Å². The summed E-state index contributed by atoms with van der Waals surface area (Å²) in [6.07, 6.45) is 3.11. The van der Waals surface area contributed by atoms with Crippen LogP contribution in [0.4, 0.5) is 5.69 Å². The number of nitrogens with two attached hydrogens (primary N) is 1.